The van der Waals surface area contributed by atoms with Crippen molar-refractivity contribution in [2.45, 2.75) is 13.3 Å². The summed E-state index contributed by atoms with van der Waals surface area (Å²) in [5.74, 6) is -0.902. The van der Waals surface area contributed by atoms with Crippen molar-refractivity contribution in [3.8, 4) is 11.1 Å². The Kier molecular flexibility index (Phi) is 2.60. The van der Waals surface area contributed by atoms with Crippen LogP contribution in [-0.4, -0.2) is 10.2 Å². The van der Waals surface area contributed by atoms with Crippen LogP contribution in [0.25, 0.3) is 11.1 Å². The zero-order valence-electron chi connectivity index (χ0n) is 8.72. The van der Waals surface area contributed by atoms with Gasteiger partial charge in [-0.05, 0) is 18.1 Å². The molecule has 0 fully saturated rings. The van der Waals surface area contributed by atoms with Gasteiger partial charge in [-0.25, -0.2) is 8.78 Å². The molecule has 0 aliphatic heterocycles. The predicted molar refractivity (Wildman–Crippen MR) is 57.7 cm³/mol. The van der Waals surface area contributed by atoms with E-state index in [1.165, 1.54) is 12.3 Å². The van der Waals surface area contributed by atoms with Gasteiger partial charge in [0.15, 0.2) is 0 Å². The van der Waals surface area contributed by atoms with Crippen molar-refractivity contribution >= 4 is 5.82 Å². The summed E-state index contributed by atoms with van der Waals surface area (Å²) < 4.78 is 26.9. The van der Waals surface area contributed by atoms with E-state index in [1.54, 1.807) is 6.92 Å². The number of aryl methyl sites for hydroxylation is 1. The summed E-state index contributed by atoms with van der Waals surface area (Å²) in [6, 6.07) is 2.34. The number of benzene rings is 1. The van der Waals surface area contributed by atoms with E-state index in [9.17, 15) is 8.78 Å². The smallest absolute Gasteiger partial charge is 0.134 e. The second kappa shape index (κ2) is 3.92. The fourth-order valence-electron chi connectivity index (χ4n) is 1.58. The summed E-state index contributed by atoms with van der Waals surface area (Å²) in [6.07, 6.45) is 1.92. The summed E-state index contributed by atoms with van der Waals surface area (Å²) >= 11 is 0. The summed E-state index contributed by atoms with van der Waals surface area (Å²) in [5.41, 5.74) is 6.77. The van der Waals surface area contributed by atoms with E-state index in [4.69, 9.17) is 5.73 Å². The lowest BCUT2D eigenvalue weighted by Gasteiger charge is -2.06. The van der Waals surface area contributed by atoms with Gasteiger partial charge in [-0.15, -0.1) is 0 Å². The third-order valence-electron chi connectivity index (χ3n) is 2.48. The summed E-state index contributed by atoms with van der Waals surface area (Å²) in [4.78, 5) is 0. The number of rotatable bonds is 2. The third kappa shape index (κ3) is 1.64. The van der Waals surface area contributed by atoms with Crippen LogP contribution in [0, 0.1) is 11.6 Å². The van der Waals surface area contributed by atoms with Gasteiger partial charge in [0, 0.05) is 17.2 Å². The van der Waals surface area contributed by atoms with Gasteiger partial charge in [0.1, 0.15) is 17.5 Å². The van der Waals surface area contributed by atoms with Crippen LogP contribution in [0.15, 0.2) is 18.3 Å². The van der Waals surface area contributed by atoms with Crippen molar-refractivity contribution in [1.29, 1.82) is 0 Å². The minimum Gasteiger partial charge on any atom is -0.384 e. The monoisotopic (exact) mass is 223 g/mol. The van der Waals surface area contributed by atoms with Gasteiger partial charge in [0.25, 0.3) is 0 Å². The first-order valence-electron chi connectivity index (χ1n) is 4.90. The minimum atomic E-state index is -0.636. The quantitative estimate of drug-likeness (QED) is 0.821. The van der Waals surface area contributed by atoms with Crippen LogP contribution in [0.4, 0.5) is 14.6 Å². The Balaban J connectivity index is 2.61. The molecule has 1 aromatic heterocycles. The third-order valence-corrected chi connectivity index (χ3v) is 2.48. The first-order chi connectivity index (χ1) is 7.63. The van der Waals surface area contributed by atoms with Gasteiger partial charge in [-0.1, -0.05) is 6.92 Å². The molecule has 84 valence electrons. The molecule has 0 amide bonds. The SMILES string of the molecule is CCc1cc(-c2cn[nH]c2N)c(F)cc1F. The molecule has 0 spiro atoms. The Morgan fingerprint density at radius 3 is 2.56 bits per heavy atom. The number of H-pyrrole nitrogens is 1. The van der Waals surface area contributed by atoms with Gasteiger partial charge in [-0.2, -0.15) is 5.10 Å². The Bertz CT molecular complexity index is 520. The number of aromatic nitrogens is 2. The molecule has 0 radical (unpaired) electrons. The van der Waals surface area contributed by atoms with Gasteiger partial charge in [0.2, 0.25) is 0 Å². The lowest BCUT2D eigenvalue weighted by Crippen LogP contribution is -1.95. The number of anilines is 1. The number of nitrogen functional groups attached to an aromatic ring is 1. The van der Waals surface area contributed by atoms with Crippen LogP contribution < -0.4 is 5.73 Å². The topological polar surface area (TPSA) is 54.7 Å². The number of aromatic amines is 1. The van der Waals surface area contributed by atoms with E-state index in [2.05, 4.69) is 10.2 Å². The number of nitrogens with one attached hydrogen (secondary N) is 1. The molecular weight excluding hydrogens is 212 g/mol. The van der Waals surface area contributed by atoms with Crippen LogP contribution in [-0.2, 0) is 6.42 Å². The lowest BCUT2D eigenvalue weighted by molar-refractivity contribution is 0.575. The molecule has 0 aliphatic rings. The molecule has 0 bridgehead atoms. The van der Waals surface area contributed by atoms with Crippen LogP contribution in [0.2, 0.25) is 0 Å². The molecule has 3 nitrogen and oxygen atoms in total. The Hall–Kier alpha value is -1.91. The van der Waals surface area contributed by atoms with Crippen LogP contribution in [0.5, 0.6) is 0 Å². The molecule has 5 heteroatoms. The van der Waals surface area contributed by atoms with E-state index in [-0.39, 0.29) is 11.4 Å². The average molecular weight is 223 g/mol. The number of halogens is 2. The molecule has 0 aliphatic carbocycles. The van der Waals surface area contributed by atoms with Gasteiger partial charge >= 0.3 is 0 Å². The molecule has 1 aromatic carbocycles. The number of hydrogen-bond donors (Lipinski definition) is 2. The summed E-state index contributed by atoms with van der Waals surface area (Å²) in [7, 11) is 0. The first kappa shape index (κ1) is 10.6. The van der Waals surface area contributed by atoms with Gasteiger partial charge in [-0.3, -0.25) is 5.10 Å². The van der Waals surface area contributed by atoms with Crippen LogP contribution >= 0.6 is 0 Å². The van der Waals surface area contributed by atoms with Crippen molar-refractivity contribution in [2.75, 3.05) is 5.73 Å². The van der Waals surface area contributed by atoms with Crippen molar-refractivity contribution < 1.29 is 8.78 Å². The highest BCUT2D eigenvalue weighted by Crippen LogP contribution is 2.28. The molecule has 0 saturated heterocycles. The molecule has 2 aromatic rings. The maximum absolute atomic E-state index is 13.6. The summed E-state index contributed by atoms with van der Waals surface area (Å²) in [6.45, 7) is 1.80. The van der Waals surface area contributed by atoms with Crippen LogP contribution in [0.3, 0.4) is 0 Å². The summed E-state index contributed by atoms with van der Waals surface area (Å²) in [5, 5.41) is 6.22. The Morgan fingerprint density at radius 1 is 1.25 bits per heavy atom. The second-order valence-electron chi connectivity index (χ2n) is 3.47. The fraction of sp³-hybridized carbons (Fsp3) is 0.182. The minimum absolute atomic E-state index is 0.268. The lowest BCUT2D eigenvalue weighted by atomic mass is 10.0. The highest BCUT2D eigenvalue weighted by molar-refractivity contribution is 5.74. The molecule has 0 unspecified atom stereocenters. The van der Waals surface area contributed by atoms with E-state index in [1.807, 2.05) is 0 Å². The van der Waals surface area contributed by atoms with Crippen molar-refractivity contribution in [3.63, 3.8) is 0 Å². The zero-order valence-corrected chi connectivity index (χ0v) is 8.72. The fourth-order valence-corrected chi connectivity index (χ4v) is 1.58. The van der Waals surface area contributed by atoms with Crippen molar-refractivity contribution in [2.24, 2.45) is 0 Å². The Labute approximate surface area is 91.3 Å². The molecule has 2 rings (SSSR count). The standard InChI is InChI=1S/C11H11F2N3/c1-2-6-3-7(10(13)4-9(6)12)8-5-15-16-11(8)14/h3-5H,2H2,1H3,(H3,14,15,16). The second-order valence-corrected chi connectivity index (χ2v) is 3.47. The van der Waals surface area contributed by atoms with Gasteiger partial charge < -0.3 is 5.73 Å². The number of nitrogens with zero attached hydrogens (tertiary/aromatic N) is 1. The van der Waals surface area contributed by atoms with Crippen LogP contribution in [0.1, 0.15) is 12.5 Å². The average Bonchev–Trinajstić information content (AvgIpc) is 2.65. The largest absolute Gasteiger partial charge is 0.384 e. The van der Waals surface area contributed by atoms with E-state index in [0.29, 0.717) is 17.5 Å². The van der Waals surface area contributed by atoms with Crippen molar-refractivity contribution in [3.05, 3.63) is 35.5 Å². The molecule has 3 N–H and O–H groups in total. The molecule has 16 heavy (non-hydrogen) atoms. The molecule has 0 atom stereocenters. The Morgan fingerprint density at radius 2 is 2.00 bits per heavy atom. The maximum Gasteiger partial charge on any atom is 0.134 e. The normalized spacial score (nSPS) is 10.7. The highest BCUT2D eigenvalue weighted by Gasteiger charge is 2.13. The first-order valence-corrected chi connectivity index (χ1v) is 4.90. The van der Waals surface area contributed by atoms with E-state index in [0.717, 1.165) is 6.07 Å². The number of nitrogens with two attached hydrogens (primary N) is 1. The molecule has 1 heterocycles. The highest BCUT2D eigenvalue weighted by atomic mass is 19.1. The van der Waals surface area contributed by atoms with E-state index < -0.39 is 11.6 Å². The molecular formula is C11H11F2N3. The van der Waals surface area contributed by atoms with E-state index >= 15 is 0 Å². The predicted octanol–water partition coefficient (Wildman–Crippen LogP) is 2.50. The van der Waals surface area contributed by atoms with Crippen molar-refractivity contribution in [1.82, 2.24) is 10.2 Å². The molecule has 0 saturated carbocycles. The van der Waals surface area contributed by atoms with Gasteiger partial charge in [0.05, 0.1) is 6.20 Å². The number of hydrogen-bond acceptors (Lipinski definition) is 2. The maximum atomic E-state index is 13.6. The zero-order chi connectivity index (χ0) is 11.7.